The van der Waals surface area contributed by atoms with Gasteiger partial charge in [-0.15, -0.1) is 0 Å². The number of fused-ring (bicyclic) bond motifs is 9. The molecule has 17 heavy (non-hydrogen) atoms. The first-order valence-corrected chi connectivity index (χ1v) is 7.26. The highest BCUT2D eigenvalue weighted by atomic mass is 16.5. The number of rotatable bonds is 3. The third-order valence-corrected chi connectivity index (χ3v) is 5.73. The van der Waals surface area contributed by atoms with E-state index >= 15 is 0 Å². The highest BCUT2D eigenvalue weighted by Crippen LogP contribution is 2.63. The first kappa shape index (κ1) is 10.4. The molecule has 0 aromatic heterocycles. The van der Waals surface area contributed by atoms with Crippen LogP contribution in [0, 0.1) is 29.6 Å². The summed E-state index contributed by atoms with van der Waals surface area (Å²) < 4.78 is 11.8. The van der Waals surface area contributed by atoms with Crippen LogP contribution < -0.4 is 0 Å². The van der Waals surface area contributed by atoms with Crippen molar-refractivity contribution in [1.29, 1.82) is 0 Å². The molecule has 0 radical (unpaired) electrons. The topological polar surface area (TPSA) is 18.5 Å². The van der Waals surface area contributed by atoms with Crippen LogP contribution >= 0.6 is 0 Å². The van der Waals surface area contributed by atoms with E-state index in [-0.39, 0.29) is 0 Å². The van der Waals surface area contributed by atoms with E-state index in [4.69, 9.17) is 9.47 Å². The van der Waals surface area contributed by atoms with Gasteiger partial charge in [0, 0.05) is 5.92 Å². The fourth-order valence-electron chi connectivity index (χ4n) is 5.31. The van der Waals surface area contributed by atoms with Crippen LogP contribution in [0.5, 0.6) is 0 Å². The van der Waals surface area contributed by atoms with Crippen LogP contribution in [0.1, 0.15) is 32.6 Å². The van der Waals surface area contributed by atoms with Gasteiger partial charge in [0.1, 0.15) is 0 Å². The molecule has 2 aliphatic carbocycles. The molecule has 2 nitrogen and oxygen atoms in total. The van der Waals surface area contributed by atoms with Crippen molar-refractivity contribution in [3.63, 3.8) is 0 Å². The van der Waals surface area contributed by atoms with E-state index in [0.29, 0.717) is 18.1 Å². The molecular weight excluding hydrogens is 212 g/mol. The van der Waals surface area contributed by atoms with Crippen LogP contribution in [0.2, 0.25) is 0 Å². The Labute approximate surface area is 103 Å². The average Bonchev–Trinajstić information content (AvgIpc) is 3.07. The van der Waals surface area contributed by atoms with Crippen LogP contribution in [-0.2, 0) is 9.47 Å². The molecule has 0 aromatic carbocycles. The zero-order chi connectivity index (χ0) is 11.4. The molecule has 0 spiro atoms. The summed E-state index contributed by atoms with van der Waals surface area (Å²) in [6, 6.07) is 0. The van der Waals surface area contributed by atoms with Crippen LogP contribution in [0.25, 0.3) is 0 Å². The van der Waals surface area contributed by atoms with E-state index in [0.717, 1.165) is 30.3 Å². The minimum Gasteiger partial charge on any atom is -0.501 e. The first-order valence-electron chi connectivity index (χ1n) is 7.26. The van der Waals surface area contributed by atoms with Gasteiger partial charge in [0.2, 0.25) is 0 Å². The SMILES string of the molecule is C/C=C/OCC1CC2OC1C1C3CCC(C3)C21. The molecule has 2 aliphatic heterocycles. The van der Waals surface area contributed by atoms with Gasteiger partial charge in [0.25, 0.3) is 0 Å². The molecule has 94 valence electrons. The maximum absolute atomic E-state index is 6.26. The molecule has 0 N–H and O–H groups in total. The van der Waals surface area contributed by atoms with Gasteiger partial charge in [-0.3, -0.25) is 0 Å². The van der Waals surface area contributed by atoms with Crippen LogP contribution in [0.4, 0.5) is 0 Å². The molecule has 2 saturated carbocycles. The third-order valence-electron chi connectivity index (χ3n) is 5.73. The third kappa shape index (κ3) is 1.36. The average molecular weight is 234 g/mol. The van der Waals surface area contributed by atoms with Crippen molar-refractivity contribution in [3.8, 4) is 0 Å². The van der Waals surface area contributed by atoms with Gasteiger partial charge in [-0.05, 0) is 56.3 Å². The van der Waals surface area contributed by atoms with Crippen molar-refractivity contribution in [2.45, 2.75) is 44.8 Å². The van der Waals surface area contributed by atoms with Crippen LogP contribution in [0.15, 0.2) is 12.3 Å². The summed E-state index contributed by atoms with van der Waals surface area (Å²) >= 11 is 0. The normalized spacial score (nSPS) is 54.8. The Kier molecular flexibility index (Phi) is 2.30. The standard InChI is InChI=1S/C15H22O2/c1-2-5-16-8-11-7-12-13-9-3-4-10(6-9)14(13)15(11)17-12/h2,5,9-15H,3-4,6-8H2,1H3/b5-2+. The lowest BCUT2D eigenvalue weighted by atomic mass is 9.68. The zero-order valence-corrected chi connectivity index (χ0v) is 10.5. The smallest absolute Gasteiger partial charge is 0.0927 e. The molecule has 2 heterocycles. The molecule has 4 fully saturated rings. The number of ether oxygens (including phenoxy) is 2. The summed E-state index contributed by atoms with van der Waals surface area (Å²) in [4.78, 5) is 0. The molecule has 4 bridgehead atoms. The Morgan fingerprint density at radius 1 is 1.18 bits per heavy atom. The van der Waals surface area contributed by atoms with Gasteiger partial charge in [-0.1, -0.05) is 6.08 Å². The van der Waals surface area contributed by atoms with E-state index < -0.39 is 0 Å². The van der Waals surface area contributed by atoms with E-state index in [9.17, 15) is 0 Å². The summed E-state index contributed by atoms with van der Waals surface area (Å²) in [5.41, 5.74) is 0. The molecule has 0 amide bonds. The predicted octanol–water partition coefficient (Wildman–Crippen LogP) is 2.99. The summed E-state index contributed by atoms with van der Waals surface area (Å²) in [5, 5.41) is 0. The summed E-state index contributed by atoms with van der Waals surface area (Å²) in [6.45, 7) is 2.87. The van der Waals surface area contributed by atoms with Gasteiger partial charge in [-0.2, -0.15) is 0 Å². The lowest BCUT2D eigenvalue weighted by Gasteiger charge is -2.35. The predicted molar refractivity (Wildman–Crippen MR) is 65.3 cm³/mol. The molecular formula is C15H22O2. The van der Waals surface area contributed by atoms with Gasteiger partial charge >= 0.3 is 0 Å². The zero-order valence-electron chi connectivity index (χ0n) is 10.5. The lowest BCUT2D eigenvalue weighted by Crippen LogP contribution is -2.38. The first-order chi connectivity index (χ1) is 8.38. The largest absolute Gasteiger partial charge is 0.501 e. The Morgan fingerprint density at radius 3 is 2.82 bits per heavy atom. The van der Waals surface area contributed by atoms with Crippen LogP contribution in [0.3, 0.4) is 0 Å². The van der Waals surface area contributed by atoms with Crippen LogP contribution in [-0.4, -0.2) is 18.8 Å². The van der Waals surface area contributed by atoms with E-state index in [1.165, 1.54) is 25.7 Å². The summed E-state index contributed by atoms with van der Waals surface area (Å²) in [6.07, 6.45) is 10.6. The maximum Gasteiger partial charge on any atom is 0.0927 e. The molecule has 7 unspecified atom stereocenters. The van der Waals surface area contributed by atoms with Crippen molar-refractivity contribution < 1.29 is 9.47 Å². The fraction of sp³-hybridized carbons (Fsp3) is 0.867. The monoisotopic (exact) mass is 234 g/mol. The van der Waals surface area contributed by atoms with Gasteiger partial charge in [0.15, 0.2) is 0 Å². The highest BCUT2D eigenvalue weighted by molar-refractivity contribution is 5.11. The van der Waals surface area contributed by atoms with E-state index in [2.05, 4.69) is 0 Å². The Balaban J connectivity index is 1.48. The molecule has 4 rings (SSSR count). The fourth-order valence-corrected chi connectivity index (χ4v) is 5.31. The quantitative estimate of drug-likeness (QED) is 0.699. The van der Waals surface area contributed by atoms with Crippen molar-refractivity contribution in [3.05, 3.63) is 12.3 Å². The second-order valence-electron chi connectivity index (χ2n) is 6.43. The molecule has 0 aromatic rings. The van der Waals surface area contributed by atoms with Crippen molar-refractivity contribution in [2.75, 3.05) is 6.61 Å². The minimum atomic E-state index is 0.533. The van der Waals surface area contributed by atoms with E-state index in [1.807, 2.05) is 19.3 Å². The van der Waals surface area contributed by atoms with Gasteiger partial charge in [-0.25, -0.2) is 0 Å². The number of allylic oxidation sites excluding steroid dienone is 1. The Hall–Kier alpha value is -0.500. The number of hydrogen-bond acceptors (Lipinski definition) is 2. The molecule has 7 atom stereocenters. The summed E-state index contributed by atoms with van der Waals surface area (Å²) in [7, 11) is 0. The Bertz CT molecular complexity index is 338. The molecule has 2 heteroatoms. The minimum absolute atomic E-state index is 0.533. The van der Waals surface area contributed by atoms with Crippen molar-refractivity contribution in [2.24, 2.45) is 29.6 Å². The highest BCUT2D eigenvalue weighted by Gasteiger charge is 2.63. The summed E-state index contributed by atoms with van der Waals surface area (Å²) in [5.74, 6) is 4.49. The molecule has 4 aliphatic rings. The second kappa shape index (κ2) is 3.74. The Morgan fingerprint density at radius 2 is 2.00 bits per heavy atom. The number of hydrogen-bond donors (Lipinski definition) is 0. The van der Waals surface area contributed by atoms with Gasteiger partial charge < -0.3 is 9.47 Å². The van der Waals surface area contributed by atoms with Crippen molar-refractivity contribution >= 4 is 0 Å². The van der Waals surface area contributed by atoms with Crippen molar-refractivity contribution in [1.82, 2.24) is 0 Å². The second-order valence-corrected chi connectivity index (χ2v) is 6.43. The lowest BCUT2D eigenvalue weighted by molar-refractivity contribution is 0.0447. The van der Waals surface area contributed by atoms with Gasteiger partial charge in [0.05, 0.1) is 25.1 Å². The van der Waals surface area contributed by atoms with E-state index in [1.54, 1.807) is 0 Å². The molecule has 2 saturated heterocycles. The maximum atomic E-state index is 6.26.